The topological polar surface area (TPSA) is 44.8 Å². The van der Waals surface area contributed by atoms with Crippen LogP contribution in [-0.2, 0) is 4.74 Å². The number of para-hydroxylation sites is 1. The van der Waals surface area contributed by atoms with Gasteiger partial charge in [0.15, 0.2) is 0 Å². The summed E-state index contributed by atoms with van der Waals surface area (Å²) < 4.78 is 6.43. The average Bonchev–Trinajstić information content (AvgIpc) is 2.71. The summed E-state index contributed by atoms with van der Waals surface area (Å²) in [6, 6.07) is 15.9. The average molecular weight is 430 g/mol. The molecule has 4 rings (SSSR count). The third kappa shape index (κ3) is 4.03. The zero-order chi connectivity index (χ0) is 18.6. The zero-order valence-corrected chi connectivity index (χ0v) is 16.8. The van der Waals surface area contributed by atoms with Crippen LogP contribution in [0.15, 0.2) is 53.0 Å². The Labute approximate surface area is 168 Å². The summed E-state index contributed by atoms with van der Waals surface area (Å²) in [6.45, 7) is 5.25. The number of nitrogens with zero attached hydrogens (tertiary/aromatic N) is 2. The van der Waals surface area contributed by atoms with E-state index < -0.39 is 0 Å². The summed E-state index contributed by atoms with van der Waals surface area (Å²) in [7, 11) is 0. The van der Waals surface area contributed by atoms with Gasteiger partial charge in [-0.05, 0) is 24.6 Å². The van der Waals surface area contributed by atoms with Gasteiger partial charge in [0, 0.05) is 41.9 Å². The van der Waals surface area contributed by atoms with Crippen molar-refractivity contribution in [1.29, 1.82) is 0 Å². The molecule has 2 aliphatic heterocycles. The number of morpholine rings is 1. The number of halogens is 1. The first-order chi connectivity index (χ1) is 13.2. The lowest BCUT2D eigenvalue weighted by Crippen LogP contribution is -2.45. The van der Waals surface area contributed by atoms with E-state index in [0.29, 0.717) is 6.54 Å². The van der Waals surface area contributed by atoms with Crippen LogP contribution in [0.1, 0.15) is 28.5 Å². The molecule has 1 atom stereocenters. The minimum atomic E-state index is -0.173. The Morgan fingerprint density at radius 1 is 1.04 bits per heavy atom. The second kappa shape index (κ2) is 8.42. The maximum Gasteiger partial charge on any atom is 0.257 e. The minimum absolute atomic E-state index is 0.0899. The molecule has 0 unspecified atom stereocenters. The minimum Gasteiger partial charge on any atom is -0.379 e. The fourth-order valence-corrected chi connectivity index (χ4v) is 4.26. The number of hydrogen-bond donors (Lipinski definition) is 1. The number of anilines is 1. The number of carbonyl (C=O) groups excluding carboxylic acids is 1. The van der Waals surface area contributed by atoms with Gasteiger partial charge in [-0.1, -0.05) is 46.3 Å². The molecule has 27 heavy (non-hydrogen) atoms. The molecule has 5 nitrogen and oxygen atoms in total. The molecule has 0 aromatic heterocycles. The van der Waals surface area contributed by atoms with Gasteiger partial charge in [0.25, 0.3) is 5.91 Å². The van der Waals surface area contributed by atoms with E-state index in [0.717, 1.165) is 60.6 Å². The summed E-state index contributed by atoms with van der Waals surface area (Å²) in [6.07, 6.45) is 0.768. The van der Waals surface area contributed by atoms with Gasteiger partial charge in [0.1, 0.15) is 6.17 Å². The molecule has 142 valence electrons. The highest BCUT2D eigenvalue weighted by molar-refractivity contribution is 9.10. The third-order valence-electron chi connectivity index (χ3n) is 5.20. The molecule has 0 bridgehead atoms. The van der Waals surface area contributed by atoms with Crippen LogP contribution < -0.4 is 5.32 Å². The van der Waals surface area contributed by atoms with E-state index in [2.05, 4.69) is 32.2 Å². The fraction of sp³-hybridized carbons (Fsp3) is 0.381. The molecule has 0 aliphatic carbocycles. The van der Waals surface area contributed by atoms with Crippen molar-refractivity contribution in [3.05, 3.63) is 64.1 Å². The molecule has 2 aromatic carbocycles. The molecule has 1 amide bonds. The van der Waals surface area contributed by atoms with Gasteiger partial charge in [-0.15, -0.1) is 0 Å². The first-order valence-electron chi connectivity index (χ1n) is 9.45. The second-order valence-corrected chi connectivity index (χ2v) is 7.77. The SMILES string of the molecule is O=C1c2ccccc2N[C@@H](c2ccccc2Br)N1CCCN1CCOCC1. The summed E-state index contributed by atoms with van der Waals surface area (Å²) in [5.74, 6) is 0.0899. The van der Waals surface area contributed by atoms with E-state index in [-0.39, 0.29) is 12.1 Å². The Morgan fingerprint density at radius 3 is 2.59 bits per heavy atom. The summed E-state index contributed by atoms with van der Waals surface area (Å²) in [5, 5.41) is 3.56. The Hall–Kier alpha value is -1.89. The number of hydrogen-bond acceptors (Lipinski definition) is 4. The number of benzene rings is 2. The first-order valence-corrected chi connectivity index (χ1v) is 10.2. The van der Waals surface area contributed by atoms with Crippen molar-refractivity contribution in [2.24, 2.45) is 0 Å². The van der Waals surface area contributed by atoms with E-state index in [1.54, 1.807) is 0 Å². The molecule has 2 heterocycles. The van der Waals surface area contributed by atoms with Gasteiger partial charge in [-0.3, -0.25) is 9.69 Å². The van der Waals surface area contributed by atoms with E-state index in [9.17, 15) is 4.79 Å². The maximum atomic E-state index is 13.2. The molecule has 0 spiro atoms. The highest BCUT2D eigenvalue weighted by Gasteiger charge is 2.33. The molecular weight excluding hydrogens is 406 g/mol. The highest BCUT2D eigenvalue weighted by Crippen LogP contribution is 2.35. The molecule has 0 radical (unpaired) electrons. The summed E-state index contributed by atoms with van der Waals surface area (Å²) >= 11 is 3.65. The largest absolute Gasteiger partial charge is 0.379 e. The van der Waals surface area contributed by atoms with Crippen LogP contribution in [0.3, 0.4) is 0 Å². The van der Waals surface area contributed by atoms with Gasteiger partial charge in [-0.25, -0.2) is 0 Å². The van der Waals surface area contributed by atoms with Crippen LogP contribution in [0.5, 0.6) is 0 Å². The second-order valence-electron chi connectivity index (χ2n) is 6.92. The van der Waals surface area contributed by atoms with Crippen molar-refractivity contribution >= 4 is 27.5 Å². The van der Waals surface area contributed by atoms with Crippen molar-refractivity contribution in [2.75, 3.05) is 44.7 Å². The van der Waals surface area contributed by atoms with Crippen LogP contribution in [-0.4, -0.2) is 55.1 Å². The van der Waals surface area contributed by atoms with Gasteiger partial charge in [-0.2, -0.15) is 0 Å². The van der Waals surface area contributed by atoms with E-state index >= 15 is 0 Å². The number of nitrogens with one attached hydrogen (secondary N) is 1. The van der Waals surface area contributed by atoms with Gasteiger partial charge in [0.05, 0.1) is 18.8 Å². The van der Waals surface area contributed by atoms with E-state index in [4.69, 9.17) is 4.74 Å². The molecule has 6 heteroatoms. The quantitative estimate of drug-likeness (QED) is 0.785. The lowest BCUT2D eigenvalue weighted by molar-refractivity contribution is 0.0348. The number of ether oxygens (including phenoxy) is 1. The van der Waals surface area contributed by atoms with Crippen molar-refractivity contribution in [2.45, 2.75) is 12.6 Å². The maximum absolute atomic E-state index is 13.2. The summed E-state index contributed by atoms with van der Waals surface area (Å²) in [4.78, 5) is 17.6. The van der Waals surface area contributed by atoms with Crippen molar-refractivity contribution in [3.63, 3.8) is 0 Å². The number of rotatable bonds is 5. The molecule has 2 aliphatic rings. The van der Waals surface area contributed by atoms with E-state index in [1.807, 2.05) is 47.4 Å². The first kappa shape index (κ1) is 18.5. The molecule has 2 aromatic rings. The van der Waals surface area contributed by atoms with E-state index in [1.165, 1.54) is 0 Å². The van der Waals surface area contributed by atoms with Crippen LogP contribution >= 0.6 is 15.9 Å². The third-order valence-corrected chi connectivity index (χ3v) is 5.92. The monoisotopic (exact) mass is 429 g/mol. The van der Waals surface area contributed by atoms with Crippen molar-refractivity contribution < 1.29 is 9.53 Å². The summed E-state index contributed by atoms with van der Waals surface area (Å²) in [5.41, 5.74) is 2.71. The van der Waals surface area contributed by atoms with Gasteiger partial charge in [0.2, 0.25) is 0 Å². The van der Waals surface area contributed by atoms with Crippen molar-refractivity contribution in [3.8, 4) is 0 Å². The van der Waals surface area contributed by atoms with Crippen molar-refractivity contribution in [1.82, 2.24) is 9.80 Å². The number of amides is 1. The Morgan fingerprint density at radius 2 is 1.78 bits per heavy atom. The zero-order valence-electron chi connectivity index (χ0n) is 15.2. The number of fused-ring (bicyclic) bond motifs is 1. The van der Waals surface area contributed by atoms with Crippen LogP contribution in [0.25, 0.3) is 0 Å². The number of carbonyl (C=O) groups is 1. The highest BCUT2D eigenvalue weighted by atomic mass is 79.9. The van der Waals surface area contributed by atoms with Gasteiger partial charge >= 0.3 is 0 Å². The Kier molecular flexibility index (Phi) is 5.76. The molecule has 0 saturated carbocycles. The standard InChI is InChI=1S/C21H24BrN3O2/c22-18-8-3-1-6-16(18)20-23-19-9-4-2-7-17(19)21(26)25(20)11-5-10-24-12-14-27-15-13-24/h1-4,6-9,20,23H,5,10-15H2/t20-/m1/s1. The lowest BCUT2D eigenvalue weighted by atomic mass is 10.0. The normalized spacial score (nSPS) is 20.3. The fourth-order valence-electron chi connectivity index (χ4n) is 3.76. The van der Waals surface area contributed by atoms with Crippen LogP contribution in [0.2, 0.25) is 0 Å². The smallest absolute Gasteiger partial charge is 0.257 e. The van der Waals surface area contributed by atoms with Crippen LogP contribution in [0.4, 0.5) is 5.69 Å². The molecule has 1 saturated heterocycles. The Bertz CT molecular complexity index is 808. The molecular formula is C21H24BrN3O2. The molecule has 1 fully saturated rings. The Balaban J connectivity index is 1.55. The lowest BCUT2D eigenvalue weighted by Gasteiger charge is -2.39. The van der Waals surface area contributed by atoms with Crippen LogP contribution in [0, 0.1) is 0 Å². The van der Waals surface area contributed by atoms with Gasteiger partial charge < -0.3 is 15.0 Å². The predicted octanol–water partition coefficient (Wildman–Crippen LogP) is 3.74. The molecule has 1 N–H and O–H groups in total. The predicted molar refractivity (Wildman–Crippen MR) is 110 cm³/mol.